The van der Waals surface area contributed by atoms with Gasteiger partial charge in [-0.05, 0) is 41.9 Å². The van der Waals surface area contributed by atoms with Crippen LogP contribution in [0.5, 0.6) is 0 Å². The van der Waals surface area contributed by atoms with Gasteiger partial charge in [0.15, 0.2) is 10.8 Å². The molecular formula is C21H34O8. The van der Waals surface area contributed by atoms with E-state index in [-0.39, 0.29) is 12.3 Å². The maximum atomic E-state index is 12.5. The highest BCUT2D eigenvalue weighted by Gasteiger charge is 2.67. The molecule has 0 bridgehead atoms. The van der Waals surface area contributed by atoms with Crippen LogP contribution in [0.4, 0.5) is 0 Å². The van der Waals surface area contributed by atoms with Crippen LogP contribution in [0.1, 0.15) is 60.8 Å². The van der Waals surface area contributed by atoms with Crippen LogP contribution in [0.2, 0.25) is 0 Å². The van der Waals surface area contributed by atoms with Crippen molar-refractivity contribution in [2.45, 2.75) is 60.8 Å². The van der Waals surface area contributed by atoms with Crippen LogP contribution in [0.3, 0.4) is 0 Å². The van der Waals surface area contributed by atoms with Crippen molar-refractivity contribution in [3.8, 4) is 0 Å². The third-order valence-electron chi connectivity index (χ3n) is 7.42. The molecule has 0 spiro atoms. The quantitative estimate of drug-likeness (QED) is 0.349. The smallest absolute Gasteiger partial charge is 0.321 e. The maximum absolute atomic E-state index is 12.5. The van der Waals surface area contributed by atoms with Crippen molar-refractivity contribution in [2.75, 3.05) is 0 Å². The summed E-state index contributed by atoms with van der Waals surface area (Å²) in [5, 5.41) is 40.4. The molecule has 4 unspecified atom stereocenters. The molecule has 0 aromatic rings. The molecule has 1 saturated carbocycles. The van der Waals surface area contributed by atoms with Gasteiger partial charge in [0.2, 0.25) is 0 Å². The first-order valence-electron chi connectivity index (χ1n) is 10.1. The molecule has 0 aliphatic heterocycles. The summed E-state index contributed by atoms with van der Waals surface area (Å²) in [7, 11) is 0. The Morgan fingerprint density at radius 2 is 1.10 bits per heavy atom. The van der Waals surface area contributed by atoms with Crippen LogP contribution in [-0.2, 0) is 19.2 Å². The summed E-state index contributed by atoms with van der Waals surface area (Å²) in [6, 6.07) is 0. The van der Waals surface area contributed by atoms with Crippen molar-refractivity contribution >= 4 is 23.9 Å². The van der Waals surface area contributed by atoms with Gasteiger partial charge < -0.3 is 20.4 Å². The van der Waals surface area contributed by atoms with E-state index in [1.54, 1.807) is 6.92 Å². The van der Waals surface area contributed by atoms with E-state index in [4.69, 9.17) is 0 Å². The zero-order chi connectivity index (χ0) is 22.9. The number of aliphatic carboxylic acids is 4. The summed E-state index contributed by atoms with van der Waals surface area (Å²) in [4.78, 5) is 49.8. The first kappa shape index (κ1) is 24.9. The standard InChI is InChI=1S/C21H34O8/c1-10(2)20(16(22)23,17(24)25)14-9-7-8-12(5)13(6)15(14)21(11(3)4,18(26)27)19(28)29/h10-15H,7-9H2,1-6H3,(H,22,23)(H,24,25)(H,26,27)(H,28,29). The summed E-state index contributed by atoms with van der Waals surface area (Å²) in [6.45, 7) is 9.55. The first-order chi connectivity index (χ1) is 13.2. The van der Waals surface area contributed by atoms with Crippen LogP contribution in [-0.4, -0.2) is 44.3 Å². The molecule has 8 nitrogen and oxygen atoms in total. The second-order valence-electron chi connectivity index (χ2n) is 9.17. The first-order valence-corrected chi connectivity index (χ1v) is 10.1. The summed E-state index contributed by atoms with van der Waals surface area (Å²) in [5.74, 6) is -10.8. The summed E-state index contributed by atoms with van der Waals surface area (Å²) in [5.41, 5.74) is -4.58. The normalized spacial score (nSPS) is 26.2. The molecule has 1 rings (SSSR count). The van der Waals surface area contributed by atoms with Crippen LogP contribution in [0.15, 0.2) is 0 Å². The van der Waals surface area contributed by atoms with Gasteiger partial charge in [-0.2, -0.15) is 0 Å². The number of hydrogen-bond acceptors (Lipinski definition) is 4. The van der Waals surface area contributed by atoms with E-state index in [9.17, 15) is 39.6 Å². The Labute approximate surface area is 171 Å². The van der Waals surface area contributed by atoms with E-state index in [0.717, 1.165) is 0 Å². The molecule has 0 heterocycles. The van der Waals surface area contributed by atoms with Crippen molar-refractivity contribution < 1.29 is 39.6 Å². The molecule has 4 N–H and O–H groups in total. The van der Waals surface area contributed by atoms with Crippen molar-refractivity contribution in [2.24, 2.45) is 46.3 Å². The molecule has 0 saturated heterocycles. The molecule has 0 aromatic heterocycles. The Bertz CT molecular complexity index is 638. The highest BCUT2D eigenvalue weighted by atomic mass is 16.4. The van der Waals surface area contributed by atoms with E-state index < -0.39 is 64.3 Å². The van der Waals surface area contributed by atoms with Crippen LogP contribution < -0.4 is 0 Å². The molecule has 1 fully saturated rings. The van der Waals surface area contributed by atoms with Gasteiger partial charge in [0.25, 0.3) is 0 Å². The average Bonchev–Trinajstić information content (AvgIpc) is 2.68. The van der Waals surface area contributed by atoms with Gasteiger partial charge in [-0.25, -0.2) is 0 Å². The zero-order valence-electron chi connectivity index (χ0n) is 18.0. The summed E-state index contributed by atoms with van der Waals surface area (Å²) < 4.78 is 0. The summed E-state index contributed by atoms with van der Waals surface area (Å²) >= 11 is 0. The molecule has 0 aromatic carbocycles. The van der Waals surface area contributed by atoms with Crippen LogP contribution >= 0.6 is 0 Å². The average molecular weight is 414 g/mol. The number of carbonyl (C=O) groups is 4. The fraction of sp³-hybridized carbons (Fsp3) is 0.810. The lowest BCUT2D eigenvalue weighted by atomic mass is 9.50. The Morgan fingerprint density at radius 1 is 0.724 bits per heavy atom. The minimum absolute atomic E-state index is 0.0747. The lowest BCUT2D eigenvalue weighted by molar-refractivity contribution is -0.194. The van der Waals surface area contributed by atoms with E-state index in [2.05, 4.69) is 0 Å². The lowest BCUT2D eigenvalue weighted by Gasteiger charge is -2.49. The largest absolute Gasteiger partial charge is 0.480 e. The fourth-order valence-corrected chi connectivity index (χ4v) is 5.65. The van der Waals surface area contributed by atoms with Crippen molar-refractivity contribution in [3.05, 3.63) is 0 Å². The predicted octanol–water partition coefficient (Wildman–Crippen LogP) is 3.30. The fourth-order valence-electron chi connectivity index (χ4n) is 5.65. The van der Waals surface area contributed by atoms with E-state index in [1.807, 2.05) is 6.92 Å². The monoisotopic (exact) mass is 414 g/mol. The Hall–Kier alpha value is -2.12. The number of carboxylic acid groups (broad SMARTS) is 4. The molecule has 166 valence electrons. The van der Waals surface area contributed by atoms with Gasteiger partial charge in [0.1, 0.15) is 0 Å². The third kappa shape index (κ3) is 3.62. The minimum atomic E-state index is -2.30. The van der Waals surface area contributed by atoms with Crippen LogP contribution in [0.25, 0.3) is 0 Å². The van der Waals surface area contributed by atoms with Gasteiger partial charge in [0, 0.05) is 0 Å². The molecule has 1 aliphatic rings. The molecule has 0 radical (unpaired) electrons. The highest BCUT2D eigenvalue weighted by Crippen LogP contribution is 2.57. The number of rotatable bonds is 8. The van der Waals surface area contributed by atoms with Crippen molar-refractivity contribution in [1.29, 1.82) is 0 Å². The Balaban J connectivity index is 4.04. The van der Waals surface area contributed by atoms with Crippen molar-refractivity contribution in [3.63, 3.8) is 0 Å². The van der Waals surface area contributed by atoms with E-state index in [1.165, 1.54) is 27.7 Å². The predicted molar refractivity (Wildman–Crippen MR) is 104 cm³/mol. The van der Waals surface area contributed by atoms with Gasteiger partial charge in [-0.15, -0.1) is 0 Å². The molecule has 1 aliphatic carbocycles. The third-order valence-corrected chi connectivity index (χ3v) is 7.42. The Morgan fingerprint density at radius 3 is 1.41 bits per heavy atom. The topological polar surface area (TPSA) is 149 Å². The van der Waals surface area contributed by atoms with Gasteiger partial charge in [0.05, 0.1) is 0 Å². The molecule has 0 amide bonds. The van der Waals surface area contributed by atoms with E-state index in [0.29, 0.717) is 12.8 Å². The Kier molecular flexibility index (Phi) is 7.49. The lowest BCUT2D eigenvalue weighted by Crippen LogP contribution is -2.61. The number of carboxylic acids is 4. The molecule has 8 heteroatoms. The molecule has 29 heavy (non-hydrogen) atoms. The van der Waals surface area contributed by atoms with Gasteiger partial charge in [-0.3, -0.25) is 19.2 Å². The molecular weight excluding hydrogens is 380 g/mol. The number of hydrogen-bond donors (Lipinski definition) is 4. The maximum Gasteiger partial charge on any atom is 0.321 e. The van der Waals surface area contributed by atoms with Crippen molar-refractivity contribution in [1.82, 2.24) is 0 Å². The second-order valence-corrected chi connectivity index (χ2v) is 9.17. The highest BCUT2D eigenvalue weighted by molar-refractivity contribution is 6.01. The SMILES string of the molecule is CC1CCCC(C(C(=O)O)(C(=O)O)C(C)C)C(C(C(=O)O)(C(=O)O)C(C)C)C1C. The van der Waals surface area contributed by atoms with Gasteiger partial charge >= 0.3 is 23.9 Å². The summed E-state index contributed by atoms with van der Waals surface area (Å²) in [6.07, 6.45) is 1.30. The van der Waals surface area contributed by atoms with Gasteiger partial charge in [-0.1, -0.05) is 54.4 Å². The van der Waals surface area contributed by atoms with E-state index >= 15 is 0 Å². The molecule has 4 atom stereocenters. The van der Waals surface area contributed by atoms with Crippen LogP contribution in [0, 0.1) is 46.3 Å². The minimum Gasteiger partial charge on any atom is -0.480 e. The zero-order valence-corrected chi connectivity index (χ0v) is 18.0. The second kappa shape index (κ2) is 8.71.